The monoisotopic (exact) mass is 291 g/mol. The average molecular weight is 291 g/mol. The Hall–Kier alpha value is -1.35. The van der Waals surface area contributed by atoms with Crippen molar-refractivity contribution in [2.45, 2.75) is 59.6 Å². The van der Waals surface area contributed by atoms with E-state index in [0.717, 1.165) is 12.0 Å². The van der Waals surface area contributed by atoms with Crippen molar-refractivity contribution in [2.75, 3.05) is 6.61 Å². The van der Waals surface area contributed by atoms with Crippen LogP contribution in [0.5, 0.6) is 0 Å². The second kappa shape index (κ2) is 7.08. The first-order valence-electron chi connectivity index (χ1n) is 7.55. The summed E-state index contributed by atoms with van der Waals surface area (Å²) in [4.78, 5) is 12.1. The quantitative estimate of drug-likeness (QED) is 0.887. The summed E-state index contributed by atoms with van der Waals surface area (Å²) in [7, 11) is 0. The van der Waals surface area contributed by atoms with Gasteiger partial charge in [0.05, 0.1) is 11.6 Å². The van der Waals surface area contributed by atoms with E-state index in [-0.39, 0.29) is 29.6 Å². The first-order chi connectivity index (χ1) is 9.57. The van der Waals surface area contributed by atoms with Crippen LogP contribution in [0, 0.1) is 5.41 Å². The van der Waals surface area contributed by atoms with Crippen LogP contribution in [0.25, 0.3) is 0 Å². The second-order valence-corrected chi connectivity index (χ2v) is 7.70. The molecule has 0 aliphatic rings. The normalized spacial score (nSPS) is 13.8. The van der Waals surface area contributed by atoms with Crippen molar-refractivity contribution < 1.29 is 9.53 Å². The zero-order valence-corrected chi connectivity index (χ0v) is 14.2. The minimum Gasteiger partial charge on any atom is -0.366 e. The number of carbonyl (C=O) groups excluding carboxylic acids is 1. The largest absolute Gasteiger partial charge is 0.366 e. The zero-order valence-electron chi connectivity index (χ0n) is 14.2. The van der Waals surface area contributed by atoms with E-state index in [2.05, 4.69) is 38.2 Å². The van der Waals surface area contributed by atoms with Crippen LogP contribution >= 0.6 is 0 Å². The fraction of sp³-hybridized carbons (Fsp3) is 0.611. The third-order valence-corrected chi connectivity index (χ3v) is 2.99. The first kappa shape index (κ1) is 17.7. The van der Waals surface area contributed by atoms with E-state index in [1.165, 1.54) is 0 Å². The fourth-order valence-electron chi connectivity index (χ4n) is 2.07. The molecule has 0 bridgehead atoms. The fourth-order valence-corrected chi connectivity index (χ4v) is 2.07. The number of hydrogen-bond donors (Lipinski definition) is 1. The van der Waals surface area contributed by atoms with Gasteiger partial charge >= 0.3 is 0 Å². The summed E-state index contributed by atoms with van der Waals surface area (Å²) in [6.45, 7) is 12.5. The zero-order chi connectivity index (χ0) is 16.1. The number of rotatable bonds is 5. The van der Waals surface area contributed by atoms with Crippen molar-refractivity contribution in [1.29, 1.82) is 0 Å². The van der Waals surface area contributed by atoms with Crippen LogP contribution in [-0.4, -0.2) is 18.1 Å². The Bertz CT molecular complexity index is 441. The van der Waals surface area contributed by atoms with E-state index in [1.807, 2.05) is 39.0 Å². The van der Waals surface area contributed by atoms with Gasteiger partial charge in [0.1, 0.15) is 6.61 Å². The van der Waals surface area contributed by atoms with Crippen LogP contribution in [0.2, 0.25) is 0 Å². The Morgan fingerprint density at radius 1 is 1.10 bits per heavy atom. The van der Waals surface area contributed by atoms with E-state index < -0.39 is 0 Å². The minimum atomic E-state index is -0.302. The smallest absolute Gasteiger partial charge is 0.246 e. The molecular weight excluding hydrogens is 262 g/mol. The van der Waals surface area contributed by atoms with Gasteiger partial charge in [-0.2, -0.15) is 0 Å². The second-order valence-electron chi connectivity index (χ2n) is 7.70. The molecule has 0 aliphatic carbocycles. The molecule has 0 radical (unpaired) electrons. The van der Waals surface area contributed by atoms with Crippen LogP contribution in [0.15, 0.2) is 30.3 Å². The molecule has 0 aromatic heterocycles. The molecule has 0 saturated heterocycles. The molecule has 1 unspecified atom stereocenters. The molecule has 3 heteroatoms. The van der Waals surface area contributed by atoms with E-state index in [9.17, 15) is 4.79 Å². The Labute approximate surface area is 129 Å². The van der Waals surface area contributed by atoms with E-state index in [1.54, 1.807) is 0 Å². The molecule has 118 valence electrons. The molecule has 21 heavy (non-hydrogen) atoms. The Morgan fingerprint density at radius 3 is 2.14 bits per heavy atom. The lowest BCUT2D eigenvalue weighted by Gasteiger charge is -2.28. The van der Waals surface area contributed by atoms with Crippen molar-refractivity contribution in [2.24, 2.45) is 5.41 Å². The van der Waals surface area contributed by atoms with Gasteiger partial charge in [-0.1, -0.05) is 51.1 Å². The van der Waals surface area contributed by atoms with Crippen LogP contribution in [0.4, 0.5) is 0 Å². The van der Waals surface area contributed by atoms with Gasteiger partial charge in [-0.3, -0.25) is 4.79 Å². The molecule has 0 fully saturated rings. The van der Waals surface area contributed by atoms with Gasteiger partial charge in [-0.15, -0.1) is 0 Å². The highest BCUT2D eigenvalue weighted by atomic mass is 16.5. The molecular formula is C18H29NO2. The summed E-state index contributed by atoms with van der Waals surface area (Å²) in [5.74, 6) is -0.0666. The lowest BCUT2D eigenvalue weighted by Crippen LogP contribution is -2.36. The van der Waals surface area contributed by atoms with Gasteiger partial charge in [0, 0.05) is 0 Å². The van der Waals surface area contributed by atoms with Crippen molar-refractivity contribution in [3.63, 3.8) is 0 Å². The highest BCUT2D eigenvalue weighted by Gasteiger charge is 2.22. The molecule has 3 nitrogen and oxygen atoms in total. The third kappa shape index (κ3) is 7.86. The van der Waals surface area contributed by atoms with Crippen molar-refractivity contribution in [3.8, 4) is 0 Å². The maximum atomic E-state index is 12.1. The number of amides is 1. The molecule has 1 rings (SSSR count). The lowest BCUT2D eigenvalue weighted by atomic mass is 9.85. The van der Waals surface area contributed by atoms with E-state index in [0.29, 0.717) is 0 Å². The molecule has 0 heterocycles. The Balaban J connectivity index is 2.72. The summed E-state index contributed by atoms with van der Waals surface area (Å²) < 4.78 is 5.55. The van der Waals surface area contributed by atoms with Gasteiger partial charge < -0.3 is 10.1 Å². The Morgan fingerprint density at radius 2 is 1.67 bits per heavy atom. The summed E-state index contributed by atoms with van der Waals surface area (Å²) >= 11 is 0. The summed E-state index contributed by atoms with van der Waals surface area (Å²) in [5, 5.41) is 3.10. The highest BCUT2D eigenvalue weighted by molar-refractivity contribution is 5.77. The third-order valence-electron chi connectivity index (χ3n) is 2.99. The molecule has 1 N–H and O–H groups in total. The van der Waals surface area contributed by atoms with Gasteiger partial charge in [-0.05, 0) is 38.2 Å². The minimum absolute atomic E-state index is 0.0160. The lowest BCUT2D eigenvalue weighted by molar-refractivity contribution is -0.131. The van der Waals surface area contributed by atoms with E-state index >= 15 is 0 Å². The molecule has 0 spiro atoms. The summed E-state index contributed by atoms with van der Waals surface area (Å²) in [5.41, 5.74) is 0.971. The Kier molecular flexibility index (Phi) is 5.97. The molecule has 1 atom stereocenters. The predicted molar refractivity (Wildman–Crippen MR) is 87.1 cm³/mol. The number of hydrogen-bond acceptors (Lipinski definition) is 2. The number of benzene rings is 1. The standard InChI is InChI=1S/C18H29NO2/c1-17(2,3)12-15(14-10-8-7-9-11-14)19-16(20)13-21-18(4,5)6/h7-11,15H,12-13H2,1-6H3,(H,19,20). The van der Waals surface area contributed by atoms with Crippen molar-refractivity contribution in [1.82, 2.24) is 5.32 Å². The van der Waals surface area contributed by atoms with Crippen molar-refractivity contribution in [3.05, 3.63) is 35.9 Å². The van der Waals surface area contributed by atoms with Crippen LogP contribution in [-0.2, 0) is 9.53 Å². The number of nitrogens with one attached hydrogen (secondary N) is 1. The van der Waals surface area contributed by atoms with Gasteiger partial charge in [0.25, 0.3) is 0 Å². The first-order valence-corrected chi connectivity index (χ1v) is 7.55. The topological polar surface area (TPSA) is 38.3 Å². The number of carbonyl (C=O) groups is 1. The van der Waals surface area contributed by atoms with Crippen LogP contribution in [0.3, 0.4) is 0 Å². The molecule has 0 aliphatic heterocycles. The maximum absolute atomic E-state index is 12.1. The SMILES string of the molecule is CC(C)(C)CC(NC(=O)COC(C)(C)C)c1ccccc1. The molecule has 1 aromatic rings. The van der Waals surface area contributed by atoms with Gasteiger partial charge in [0.2, 0.25) is 5.91 Å². The van der Waals surface area contributed by atoms with Crippen LogP contribution in [0.1, 0.15) is 59.6 Å². The van der Waals surface area contributed by atoms with Crippen LogP contribution < -0.4 is 5.32 Å². The molecule has 0 saturated carbocycles. The predicted octanol–water partition coefficient (Wildman–Crippen LogP) is 4.10. The highest BCUT2D eigenvalue weighted by Crippen LogP contribution is 2.29. The molecule has 1 amide bonds. The van der Waals surface area contributed by atoms with Crippen molar-refractivity contribution >= 4 is 5.91 Å². The average Bonchev–Trinajstić information content (AvgIpc) is 2.34. The summed E-state index contributed by atoms with van der Waals surface area (Å²) in [6, 6.07) is 10.1. The molecule has 1 aromatic carbocycles. The van der Waals surface area contributed by atoms with Gasteiger partial charge in [0.15, 0.2) is 0 Å². The summed E-state index contributed by atoms with van der Waals surface area (Å²) in [6.07, 6.45) is 0.887. The van der Waals surface area contributed by atoms with Gasteiger partial charge in [-0.25, -0.2) is 0 Å². The maximum Gasteiger partial charge on any atom is 0.246 e. The number of ether oxygens (including phenoxy) is 1. The van der Waals surface area contributed by atoms with E-state index in [4.69, 9.17) is 4.74 Å².